The van der Waals surface area contributed by atoms with Gasteiger partial charge in [0.2, 0.25) is 5.71 Å². The van der Waals surface area contributed by atoms with Gasteiger partial charge >= 0.3 is 5.69 Å². The molecule has 3 rings (SSSR count). The average molecular weight is 291 g/mol. The molecule has 1 aromatic carbocycles. The van der Waals surface area contributed by atoms with Crippen LogP contribution < -0.4 is 11.2 Å². The third kappa shape index (κ3) is 1.78. The number of nitrogens with zero attached hydrogens (tertiary/aromatic N) is 2. The lowest BCUT2D eigenvalue weighted by Crippen LogP contribution is -2.36. The average Bonchev–Trinajstić information content (AvgIpc) is 2.88. The molecule has 5 nitrogen and oxygen atoms in total. The van der Waals surface area contributed by atoms with Crippen LogP contribution in [0, 0.1) is 0 Å². The van der Waals surface area contributed by atoms with E-state index in [-0.39, 0.29) is 11.3 Å². The van der Waals surface area contributed by atoms with Crippen LogP contribution >= 0.6 is 11.6 Å². The fraction of sp³-hybridized carbons (Fsp3) is 0.143. The number of furan rings is 1. The highest BCUT2D eigenvalue weighted by Gasteiger charge is 2.15. The number of halogens is 1. The molecule has 0 unspecified atom stereocenters. The van der Waals surface area contributed by atoms with Crippen LogP contribution in [0.2, 0.25) is 5.02 Å². The summed E-state index contributed by atoms with van der Waals surface area (Å²) < 4.78 is 8.01. The van der Waals surface area contributed by atoms with E-state index in [1.54, 1.807) is 31.3 Å². The van der Waals surface area contributed by atoms with Gasteiger partial charge < -0.3 is 4.42 Å². The van der Waals surface area contributed by atoms with E-state index in [4.69, 9.17) is 16.0 Å². The van der Waals surface area contributed by atoms with Gasteiger partial charge in [-0.05, 0) is 18.2 Å². The Bertz CT molecular complexity index is 934. The summed E-state index contributed by atoms with van der Waals surface area (Å²) in [5.41, 5.74) is 0.214. The Hall–Kier alpha value is -2.27. The van der Waals surface area contributed by atoms with Crippen LogP contribution in [0.15, 0.2) is 44.3 Å². The molecule has 102 valence electrons. The van der Waals surface area contributed by atoms with Crippen molar-refractivity contribution in [1.29, 1.82) is 0 Å². The lowest BCUT2D eigenvalue weighted by molar-refractivity contribution is 0.575. The highest BCUT2D eigenvalue weighted by atomic mass is 35.5. The van der Waals surface area contributed by atoms with E-state index in [1.165, 1.54) is 11.6 Å². The maximum atomic E-state index is 12.1. The minimum Gasteiger partial charge on any atom is -0.439 e. The van der Waals surface area contributed by atoms with Crippen molar-refractivity contribution in [3.05, 3.63) is 56.2 Å². The summed E-state index contributed by atoms with van der Waals surface area (Å²) in [4.78, 5) is 23.9. The fourth-order valence-electron chi connectivity index (χ4n) is 2.15. The second-order valence-corrected chi connectivity index (χ2v) is 4.98. The number of hydrogen-bond donors (Lipinski definition) is 0. The molecular weight excluding hydrogens is 280 g/mol. The van der Waals surface area contributed by atoms with Gasteiger partial charge in [0.25, 0.3) is 5.56 Å². The summed E-state index contributed by atoms with van der Waals surface area (Å²) in [5.74, 6) is 0.501. The second-order valence-electron chi connectivity index (χ2n) is 4.55. The van der Waals surface area contributed by atoms with Gasteiger partial charge in [0.15, 0.2) is 0 Å². The van der Waals surface area contributed by atoms with E-state index in [2.05, 4.69) is 0 Å². The predicted molar refractivity (Wildman–Crippen MR) is 77.1 cm³/mol. The van der Waals surface area contributed by atoms with E-state index in [0.29, 0.717) is 16.2 Å². The smallest absolute Gasteiger partial charge is 0.333 e. The Labute approximate surface area is 118 Å². The van der Waals surface area contributed by atoms with Crippen LogP contribution in [0.3, 0.4) is 0 Å². The molecule has 0 N–H and O–H groups in total. The maximum absolute atomic E-state index is 12.1. The molecule has 2 aromatic heterocycles. The number of benzene rings is 1. The minimum atomic E-state index is -0.422. The van der Waals surface area contributed by atoms with Crippen molar-refractivity contribution in [3.8, 4) is 11.3 Å². The first kappa shape index (κ1) is 12.7. The zero-order valence-electron chi connectivity index (χ0n) is 10.9. The first-order valence-corrected chi connectivity index (χ1v) is 6.32. The fourth-order valence-corrected chi connectivity index (χ4v) is 2.34. The molecule has 0 aliphatic rings. The van der Waals surface area contributed by atoms with E-state index in [0.717, 1.165) is 10.1 Å². The van der Waals surface area contributed by atoms with E-state index < -0.39 is 5.69 Å². The van der Waals surface area contributed by atoms with Crippen molar-refractivity contribution in [2.24, 2.45) is 14.1 Å². The topological polar surface area (TPSA) is 57.1 Å². The van der Waals surface area contributed by atoms with Crippen molar-refractivity contribution >= 4 is 22.7 Å². The molecular formula is C14H11ClN2O3. The van der Waals surface area contributed by atoms with Crippen molar-refractivity contribution in [2.75, 3.05) is 0 Å². The standard InChI is InChI=1S/C14H11ClN2O3/c1-16-12(18)10-7-11(8-4-3-5-9(15)6-8)20-13(10)17(2)14(16)19/h3-7H,1-2H3. The van der Waals surface area contributed by atoms with Gasteiger partial charge in [-0.15, -0.1) is 0 Å². The summed E-state index contributed by atoms with van der Waals surface area (Å²) in [6, 6.07) is 8.74. The number of hydrogen-bond acceptors (Lipinski definition) is 3. The molecule has 0 atom stereocenters. The van der Waals surface area contributed by atoms with Crippen LogP contribution in [-0.4, -0.2) is 9.13 Å². The van der Waals surface area contributed by atoms with Gasteiger partial charge in [0.05, 0.1) is 0 Å². The SMILES string of the molecule is Cn1c(=O)c2cc(-c3cccc(Cl)c3)oc2n(C)c1=O. The third-order valence-corrected chi connectivity index (χ3v) is 3.47. The largest absolute Gasteiger partial charge is 0.439 e. The molecule has 0 saturated heterocycles. The molecule has 0 aliphatic carbocycles. The van der Waals surface area contributed by atoms with Gasteiger partial charge in [0, 0.05) is 24.7 Å². The molecule has 0 bridgehead atoms. The Kier molecular flexibility index (Phi) is 2.79. The molecule has 20 heavy (non-hydrogen) atoms. The second kappa shape index (κ2) is 4.38. The molecule has 0 aliphatic heterocycles. The summed E-state index contributed by atoms with van der Waals surface area (Å²) in [7, 11) is 3.01. The van der Waals surface area contributed by atoms with Crippen LogP contribution in [0.5, 0.6) is 0 Å². The minimum absolute atomic E-state index is 0.257. The van der Waals surface area contributed by atoms with Crippen molar-refractivity contribution in [1.82, 2.24) is 9.13 Å². The van der Waals surface area contributed by atoms with E-state index >= 15 is 0 Å². The van der Waals surface area contributed by atoms with Crippen molar-refractivity contribution < 1.29 is 4.42 Å². The lowest BCUT2D eigenvalue weighted by Gasteiger charge is -2.01. The Morgan fingerprint density at radius 2 is 1.85 bits per heavy atom. The van der Waals surface area contributed by atoms with Gasteiger partial charge in [-0.1, -0.05) is 23.7 Å². The monoisotopic (exact) mass is 290 g/mol. The first-order chi connectivity index (χ1) is 9.49. The number of aryl methyl sites for hydroxylation is 1. The Balaban J connectivity index is 2.37. The van der Waals surface area contributed by atoms with Crippen LogP contribution in [0.1, 0.15) is 0 Å². The van der Waals surface area contributed by atoms with Gasteiger partial charge in [-0.25, -0.2) is 4.79 Å². The maximum Gasteiger partial charge on any atom is 0.333 e. The lowest BCUT2D eigenvalue weighted by atomic mass is 10.2. The van der Waals surface area contributed by atoms with Crippen LogP contribution in [-0.2, 0) is 14.1 Å². The Morgan fingerprint density at radius 3 is 2.55 bits per heavy atom. The number of rotatable bonds is 1. The molecule has 0 spiro atoms. The predicted octanol–water partition coefficient (Wildman–Crippen LogP) is 2.15. The highest BCUT2D eigenvalue weighted by molar-refractivity contribution is 6.30. The molecule has 0 fully saturated rings. The van der Waals surface area contributed by atoms with E-state index in [1.807, 2.05) is 6.07 Å². The quantitative estimate of drug-likeness (QED) is 0.690. The highest BCUT2D eigenvalue weighted by Crippen LogP contribution is 2.27. The van der Waals surface area contributed by atoms with Crippen molar-refractivity contribution in [3.63, 3.8) is 0 Å². The third-order valence-electron chi connectivity index (χ3n) is 3.24. The molecule has 0 saturated carbocycles. The summed E-state index contributed by atoms with van der Waals surface area (Å²) in [6.45, 7) is 0. The zero-order valence-corrected chi connectivity index (χ0v) is 11.6. The normalized spacial score (nSPS) is 11.2. The van der Waals surface area contributed by atoms with Gasteiger partial charge in [-0.2, -0.15) is 0 Å². The number of fused-ring (bicyclic) bond motifs is 1. The molecule has 2 heterocycles. The van der Waals surface area contributed by atoms with Crippen LogP contribution in [0.25, 0.3) is 22.4 Å². The summed E-state index contributed by atoms with van der Waals surface area (Å²) >= 11 is 5.94. The number of aromatic nitrogens is 2. The molecule has 0 amide bonds. The Morgan fingerprint density at radius 1 is 1.10 bits per heavy atom. The summed E-state index contributed by atoms with van der Waals surface area (Å²) in [5, 5.41) is 0.939. The zero-order chi connectivity index (χ0) is 14.4. The van der Waals surface area contributed by atoms with Crippen molar-refractivity contribution in [2.45, 2.75) is 0 Å². The molecule has 3 aromatic rings. The molecule has 0 radical (unpaired) electrons. The van der Waals surface area contributed by atoms with Crippen LogP contribution in [0.4, 0.5) is 0 Å². The van der Waals surface area contributed by atoms with Gasteiger partial charge in [-0.3, -0.25) is 13.9 Å². The molecule has 6 heteroatoms. The van der Waals surface area contributed by atoms with Gasteiger partial charge in [0.1, 0.15) is 11.1 Å². The summed E-state index contributed by atoms with van der Waals surface area (Å²) in [6.07, 6.45) is 0. The first-order valence-electron chi connectivity index (χ1n) is 5.94. The van der Waals surface area contributed by atoms with E-state index in [9.17, 15) is 9.59 Å².